The molecule has 0 bridgehead atoms. The minimum atomic E-state index is 0.562. The third kappa shape index (κ3) is 5.50. The SMILES string of the molecule is CCNC(Cc1cc(OC)ccc1Br)CC1CCSCC1. The third-order valence-corrected chi connectivity index (χ3v) is 5.99. The van der Waals surface area contributed by atoms with Crippen molar-refractivity contribution in [3.05, 3.63) is 28.2 Å². The second-order valence-corrected chi connectivity index (χ2v) is 7.79. The van der Waals surface area contributed by atoms with Gasteiger partial charge in [0.1, 0.15) is 5.75 Å². The number of ether oxygens (including phenoxy) is 1. The molecule has 1 unspecified atom stereocenters. The lowest BCUT2D eigenvalue weighted by Gasteiger charge is -2.27. The highest BCUT2D eigenvalue weighted by atomic mass is 79.9. The summed E-state index contributed by atoms with van der Waals surface area (Å²) < 4.78 is 6.54. The summed E-state index contributed by atoms with van der Waals surface area (Å²) in [6.07, 6.45) is 5.12. The van der Waals surface area contributed by atoms with E-state index in [1.54, 1.807) is 7.11 Å². The van der Waals surface area contributed by atoms with E-state index in [2.05, 4.69) is 52.1 Å². The maximum absolute atomic E-state index is 5.36. The van der Waals surface area contributed by atoms with Gasteiger partial charge in [0.2, 0.25) is 0 Å². The van der Waals surface area contributed by atoms with Gasteiger partial charge in [-0.2, -0.15) is 11.8 Å². The van der Waals surface area contributed by atoms with Crippen LogP contribution in [0.15, 0.2) is 22.7 Å². The molecule has 1 heterocycles. The maximum Gasteiger partial charge on any atom is 0.119 e. The van der Waals surface area contributed by atoms with E-state index in [4.69, 9.17) is 4.74 Å². The molecule has 1 aliphatic rings. The number of likely N-dealkylation sites (N-methyl/N-ethyl adjacent to an activating group) is 1. The molecule has 1 aromatic carbocycles. The number of methoxy groups -OCH3 is 1. The normalized spacial score (nSPS) is 17.7. The molecule has 0 spiro atoms. The van der Waals surface area contributed by atoms with Gasteiger partial charge in [0.05, 0.1) is 7.11 Å². The summed E-state index contributed by atoms with van der Waals surface area (Å²) in [5, 5.41) is 3.67. The third-order valence-electron chi connectivity index (χ3n) is 4.17. The van der Waals surface area contributed by atoms with E-state index in [1.807, 2.05) is 6.07 Å². The van der Waals surface area contributed by atoms with Gasteiger partial charge in [0, 0.05) is 10.5 Å². The van der Waals surface area contributed by atoms with Crippen LogP contribution < -0.4 is 10.1 Å². The van der Waals surface area contributed by atoms with Gasteiger partial charge in [-0.05, 0) is 73.4 Å². The Kier molecular flexibility index (Phi) is 7.41. The zero-order valence-electron chi connectivity index (χ0n) is 13.0. The molecule has 0 amide bonds. The molecule has 0 aliphatic carbocycles. The fourth-order valence-corrected chi connectivity index (χ4v) is 4.62. The summed E-state index contributed by atoms with van der Waals surface area (Å²) in [5.74, 6) is 4.51. The van der Waals surface area contributed by atoms with Crippen LogP contribution in [0.2, 0.25) is 0 Å². The fourth-order valence-electron chi connectivity index (χ4n) is 3.01. The molecule has 2 rings (SSSR count). The standard InChI is InChI=1S/C17H26BrNOS/c1-3-19-15(10-13-6-8-21-9-7-13)11-14-12-16(20-2)4-5-17(14)18/h4-5,12-13,15,19H,3,6-11H2,1-2H3. The van der Waals surface area contributed by atoms with E-state index in [1.165, 1.54) is 40.8 Å². The van der Waals surface area contributed by atoms with Gasteiger partial charge in [-0.3, -0.25) is 0 Å². The Morgan fingerprint density at radius 2 is 2.14 bits per heavy atom. The Morgan fingerprint density at radius 1 is 1.38 bits per heavy atom. The van der Waals surface area contributed by atoms with Crippen molar-refractivity contribution in [1.29, 1.82) is 0 Å². The van der Waals surface area contributed by atoms with Gasteiger partial charge in [-0.25, -0.2) is 0 Å². The number of hydrogen-bond acceptors (Lipinski definition) is 3. The van der Waals surface area contributed by atoms with Crippen LogP contribution in [0, 0.1) is 5.92 Å². The number of halogens is 1. The van der Waals surface area contributed by atoms with Crippen LogP contribution in [0.4, 0.5) is 0 Å². The number of rotatable bonds is 7. The average Bonchev–Trinajstić information content (AvgIpc) is 2.51. The molecule has 1 saturated heterocycles. The van der Waals surface area contributed by atoms with Gasteiger partial charge in [0.25, 0.3) is 0 Å². The van der Waals surface area contributed by atoms with Gasteiger partial charge in [-0.15, -0.1) is 0 Å². The minimum absolute atomic E-state index is 0.562. The summed E-state index contributed by atoms with van der Waals surface area (Å²) in [7, 11) is 1.73. The lowest BCUT2D eigenvalue weighted by Crippen LogP contribution is -2.34. The first-order valence-corrected chi connectivity index (χ1v) is 9.81. The highest BCUT2D eigenvalue weighted by Gasteiger charge is 2.19. The molecule has 0 aromatic heterocycles. The molecule has 4 heteroatoms. The van der Waals surface area contributed by atoms with Crippen LogP contribution in [-0.2, 0) is 6.42 Å². The molecular weight excluding hydrogens is 346 g/mol. The quantitative estimate of drug-likeness (QED) is 0.761. The van der Waals surface area contributed by atoms with Crippen molar-refractivity contribution in [2.45, 2.75) is 38.6 Å². The van der Waals surface area contributed by atoms with Crippen LogP contribution in [0.5, 0.6) is 5.75 Å². The topological polar surface area (TPSA) is 21.3 Å². The van der Waals surface area contributed by atoms with Crippen LogP contribution in [0.1, 0.15) is 31.7 Å². The Hall–Kier alpha value is -0.190. The predicted octanol–water partition coefficient (Wildman–Crippen LogP) is 4.51. The van der Waals surface area contributed by atoms with Crippen molar-refractivity contribution in [3.63, 3.8) is 0 Å². The van der Waals surface area contributed by atoms with E-state index < -0.39 is 0 Å². The Bertz CT molecular complexity index is 435. The van der Waals surface area contributed by atoms with Gasteiger partial charge < -0.3 is 10.1 Å². The maximum atomic E-state index is 5.36. The molecule has 2 nitrogen and oxygen atoms in total. The highest BCUT2D eigenvalue weighted by molar-refractivity contribution is 9.10. The summed E-state index contributed by atoms with van der Waals surface area (Å²) >= 11 is 5.78. The lowest BCUT2D eigenvalue weighted by atomic mass is 9.91. The Labute approximate surface area is 141 Å². The number of hydrogen-bond donors (Lipinski definition) is 1. The van der Waals surface area contributed by atoms with Crippen molar-refractivity contribution in [2.75, 3.05) is 25.2 Å². The molecule has 21 heavy (non-hydrogen) atoms. The van der Waals surface area contributed by atoms with E-state index in [9.17, 15) is 0 Å². The Morgan fingerprint density at radius 3 is 2.81 bits per heavy atom. The smallest absolute Gasteiger partial charge is 0.119 e. The molecule has 118 valence electrons. The van der Waals surface area contributed by atoms with Crippen LogP contribution in [-0.4, -0.2) is 31.2 Å². The second kappa shape index (κ2) is 9.06. The highest BCUT2D eigenvalue weighted by Crippen LogP contribution is 2.29. The first-order chi connectivity index (χ1) is 10.2. The molecule has 1 fully saturated rings. The van der Waals surface area contributed by atoms with Crippen molar-refractivity contribution < 1.29 is 4.74 Å². The van der Waals surface area contributed by atoms with Gasteiger partial charge >= 0.3 is 0 Å². The number of nitrogens with one attached hydrogen (secondary N) is 1. The van der Waals surface area contributed by atoms with Crippen molar-refractivity contribution in [2.24, 2.45) is 5.92 Å². The zero-order valence-corrected chi connectivity index (χ0v) is 15.4. The lowest BCUT2D eigenvalue weighted by molar-refractivity contribution is 0.365. The van der Waals surface area contributed by atoms with Crippen molar-refractivity contribution in [1.82, 2.24) is 5.32 Å². The summed E-state index contributed by atoms with van der Waals surface area (Å²) in [4.78, 5) is 0. The van der Waals surface area contributed by atoms with E-state index in [0.29, 0.717) is 6.04 Å². The van der Waals surface area contributed by atoms with Crippen LogP contribution in [0.25, 0.3) is 0 Å². The van der Waals surface area contributed by atoms with Gasteiger partial charge in [0.15, 0.2) is 0 Å². The van der Waals surface area contributed by atoms with Crippen LogP contribution >= 0.6 is 27.7 Å². The molecule has 1 atom stereocenters. The molecule has 1 aliphatic heterocycles. The number of thioether (sulfide) groups is 1. The first kappa shape index (κ1) is 17.2. The average molecular weight is 372 g/mol. The molecular formula is C17H26BrNOS. The fraction of sp³-hybridized carbons (Fsp3) is 0.647. The summed E-state index contributed by atoms with van der Waals surface area (Å²) in [5.41, 5.74) is 1.34. The molecule has 1 aromatic rings. The van der Waals surface area contributed by atoms with E-state index >= 15 is 0 Å². The Balaban J connectivity index is 2.00. The molecule has 1 N–H and O–H groups in total. The minimum Gasteiger partial charge on any atom is -0.497 e. The molecule has 0 radical (unpaired) electrons. The zero-order chi connectivity index (χ0) is 15.1. The van der Waals surface area contributed by atoms with E-state index in [0.717, 1.165) is 24.6 Å². The van der Waals surface area contributed by atoms with Gasteiger partial charge in [-0.1, -0.05) is 22.9 Å². The predicted molar refractivity (Wildman–Crippen MR) is 96.5 cm³/mol. The van der Waals surface area contributed by atoms with E-state index in [-0.39, 0.29) is 0 Å². The first-order valence-electron chi connectivity index (χ1n) is 7.86. The molecule has 0 saturated carbocycles. The summed E-state index contributed by atoms with van der Waals surface area (Å²) in [6.45, 7) is 3.23. The largest absolute Gasteiger partial charge is 0.497 e. The summed E-state index contributed by atoms with van der Waals surface area (Å²) in [6, 6.07) is 6.82. The van der Waals surface area contributed by atoms with Crippen molar-refractivity contribution >= 4 is 27.7 Å². The monoisotopic (exact) mass is 371 g/mol. The second-order valence-electron chi connectivity index (χ2n) is 5.71. The van der Waals surface area contributed by atoms with Crippen LogP contribution in [0.3, 0.4) is 0 Å². The van der Waals surface area contributed by atoms with Crippen molar-refractivity contribution in [3.8, 4) is 5.75 Å². The number of benzene rings is 1.